The molecule has 2 amide bonds. The van der Waals surface area contributed by atoms with Gasteiger partial charge in [-0.1, -0.05) is 12.1 Å². The van der Waals surface area contributed by atoms with Gasteiger partial charge in [0.15, 0.2) is 0 Å². The Kier molecular flexibility index (Phi) is 6.19. The normalized spacial score (nSPS) is 16.2. The Morgan fingerprint density at radius 2 is 1.82 bits per heavy atom. The van der Waals surface area contributed by atoms with Crippen molar-refractivity contribution in [1.82, 2.24) is 0 Å². The highest BCUT2D eigenvalue weighted by Gasteiger charge is 2.36. The van der Waals surface area contributed by atoms with Gasteiger partial charge in [-0.25, -0.2) is 0 Å². The van der Waals surface area contributed by atoms with Crippen LogP contribution in [-0.4, -0.2) is 38.6 Å². The predicted octanol–water partition coefficient (Wildman–Crippen LogP) is 3.53. The third-order valence-corrected chi connectivity index (χ3v) is 5.14. The van der Waals surface area contributed by atoms with E-state index in [0.717, 1.165) is 24.5 Å². The molecule has 1 aliphatic rings. The van der Waals surface area contributed by atoms with Crippen LogP contribution in [0.1, 0.15) is 20.3 Å². The molecule has 0 bridgehead atoms. The molecule has 2 aromatic carbocycles. The van der Waals surface area contributed by atoms with Crippen molar-refractivity contribution in [2.45, 2.75) is 20.3 Å². The van der Waals surface area contributed by atoms with Gasteiger partial charge in [-0.05, 0) is 50.2 Å². The molecule has 1 saturated heterocycles. The van der Waals surface area contributed by atoms with Crippen molar-refractivity contribution in [3.05, 3.63) is 48.5 Å². The number of carbonyl (C=O) groups is 2. The first-order valence-corrected chi connectivity index (χ1v) is 9.66. The minimum Gasteiger partial charge on any atom is -0.495 e. The smallest absolute Gasteiger partial charge is 0.229 e. The lowest BCUT2D eigenvalue weighted by Crippen LogP contribution is -2.28. The van der Waals surface area contributed by atoms with Gasteiger partial charge in [-0.3, -0.25) is 9.59 Å². The summed E-state index contributed by atoms with van der Waals surface area (Å²) in [4.78, 5) is 29.0. The Morgan fingerprint density at radius 1 is 1.14 bits per heavy atom. The Hall–Kier alpha value is -3.02. The monoisotopic (exact) mass is 381 g/mol. The molecule has 0 radical (unpaired) electrons. The summed E-state index contributed by atoms with van der Waals surface area (Å²) in [7, 11) is 1.57. The fourth-order valence-corrected chi connectivity index (χ4v) is 3.56. The van der Waals surface area contributed by atoms with Gasteiger partial charge in [0.25, 0.3) is 0 Å². The zero-order valence-corrected chi connectivity index (χ0v) is 16.6. The van der Waals surface area contributed by atoms with Crippen LogP contribution in [0.4, 0.5) is 17.1 Å². The molecule has 0 aliphatic carbocycles. The number of hydrogen-bond acceptors (Lipinski definition) is 4. The molecule has 0 spiro atoms. The van der Waals surface area contributed by atoms with E-state index < -0.39 is 0 Å². The number of hydrogen-bond donors (Lipinski definition) is 1. The minimum absolute atomic E-state index is 0.0680. The molecule has 28 heavy (non-hydrogen) atoms. The van der Waals surface area contributed by atoms with Crippen molar-refractivity contribution < 1.29 is 14.3 Å². The van der Waals surface area contributed by atoms with Crippen molar-refractivity contribution in [3.63, 3.8) is 0 Å². The summed E-state index contributed by atoms with van der Waals surface area (Å²) in [5, 5.41) is 2.94. The average molecular weight is 381 g/mol. The lowest BCUT2D eigenvalue weighted by Gasteiger charge is -2.21. The summed E-state index contributed by atoms with van der Waals surface area (Å²) in [5.74, 6) is 0.0339. The summed E-state index contributed by atoms with van der Waals surface area (Å²) in [5.41, 5.74) is 2.57. The van der Waals surface area contributed by atoms with Crippen LogP contribution in [-0.2, 0) is 9.59 Å². The number of nitrogens with one attached hydrogen (secondary N) is 1. The van der Waals surface area contributed by atoms with Crippen LogP contribution in [0.5, 0.6) is 5.75 Å². The highest BCUT2D eigenvalue weighted by atomic mass is 16.5. The molecule has 1 heterocycles. The second-order valence-electron chi connectivity index (χ2n) is 6.79. The molecule has 0 aromatic heterocycles. The zero-order valence-electron chi connectivity index (χ0n) is 16.6. The molecule has 148 valence electrons. The number of methoxy groups -OCH3 is 1. The summed E-state index contributed by atoms with van der Waals surface area (Å²) >= 11 is 0. The molecular formula is C22H27N3O3. The minimum atomic E-state index is -0.389. The summed E-state index contributed by atoms with van der Waals surface area (Å²) in [6, 6.07) is 15.2. The fourth-order valence-electron chi connectivity index (χ4n) is 3.56. The Morgan fingerprint density at radius 3 is 2.46 bits per heavy atom. The zero-order chi connectivity index (χ0) is 20.1. The Balaban J connectivity index is 1.66. The Labute approximate surface area is 166 Å². The molecule has 1 unspecified atom stereocenters. The van der Waals surface area contributed by atoms with Crippen LogP contribution < -0.4 is 19.9 Å². The number of anilines is 3. The lowest BCUT2D eigenvalue weighted by atomic mass is 10.1. The van der Waals surface area contributed by atoms with E-state index in [4.69, 9.17) is 4.74 Å². The molecule has 0 saturated carbocycles. The van der Waals surface area contributed by atoms with E-state index in [9.17, 15) is 9.59 Å². The topological polar surface area (TPSA) is 61.9 Å². The average Bonchev–Trinajstić information content (AvgIpc) is 3.11. The molecule has 2 aromatic rings. The number of para-hydroxylation sites is 2. The van der Waals surface area contributed by atoms with Gasteiger partial charge in [-0.2, -0.15) is 0 Å². The second-order valence-corrected chi connectivity index (χ2v) is 6.79. The first-order chi connectivity index (χ1) is 13.6. The molecule has 6 nitrogen and oxygen atoms in total. The molecule has 1 N–H and O–H groups in total. The van der Waals surface area contributed by atoms with Gasteiger partial charge in [0.2, 0.25) is 11.8 Å². The number of amides is 2. The summed E-state index contributed by atoms with van der Waals surface area (Å²) in [6.07, 6.45) is 0.196. The number of rotatable bonds is 7. The third kappa shape index (κ3) is 4.11. The first kappa shape index (κ1) is 19.7. The predicted molar refractivity (Wildman–Crippen MR) is 112 cm³/mol. The van der Waals surface area contributed by atoms with Gasteiger partial charge in [0.05, 0.1) is 18.7 Å². The maximum Gasteiger partial charge on any atom is 0.229 e. The summed E-state index contributed by atoms with van der Waals surface area (Å²) < 4.78 is 5.35. The first-order valence-electron chi connectivity index (χ1n) is 9.66. The molecular weight excluding hydrogens is 354 g/mol. The van der Waals surface area contributed by atoms with Crippen molar-refractivity contribution in [2.24, 2.45) is 5.92 Å². The highest BCUT2D eigenvalue weighted by Crippen LogP contribution is 2.33. The highest BCUT2D eigenvalue weighted by molar-refractivity contribution is 6.04. The molecule has 1 atom stereocenters. The van der Waals surface area contributed by atoms with Crippen LogP contribution >= 0.6 is 0 Å². The number of nitrogens with zero attached hydrogens (tertiary/aromatic N) is 2. The van der Waals surface area contributed by atoms with E-state index in [1.54, 1.807) is 12.0 Å². The van der Waals surface area contributed by atoms with Crippen molar-refractivity contribution in [1.29, 1.82) is 0 Å². The Bertz CT molecular complexity index is 831. The van der Waals surface area contributed by atoms with Gasteiger partial charge in [-0.15, -0.1) is 0 Å². The van der Waals surface area contributed by atoms with E-state index in [2.05, 4.69) is 24.1 Å². The SMILES string of the molecule is CCN(CC)c1ccc(NC(=O)C2CC(=O)N(c3ccccc3OC)C2)cc1. The molecule has 1 fully saturated rings. The van der Waals surface area contributed by atoms with Crippen LogP contribution in [0.3, 0.4) is 0 Å². The molecule has 3 rings (SSSR count). The van der Waals surface area contributed by atoms with E-state index in [-0.39, 0.29) is 24.2 Å². The van der Waals surface area contributed by atoms with Gasteiger partial charge >= 0.3 is 0 Å². The van der Waals surface area contributed by atoms with Crippen LogP contribution in [0.15, 0.2) is 48.5 Å². The van der Waals surface area contributed by atoms with E-state index in [0.29, 0.717) is 18.0 Å². The fraction of sp³-hybridized carbons (Fsp3) is 0.364. The third-order valence-electron chi connectivity index (χ3n) is 5.14. The molecule has 6 heteroatoms. The largest absolute Gasteiger partial charge is 0.495 e. The van der Waals surface area contributed by atoms with Crippen LogP contribution in [0, 0.1) is 5.92 Å². The standard InChI is InChI=1S/C22H27N3O3/c1-4-24(5-2)18-12-10-17(11-13-18)23-22(27)16-14-21(26)25(15-16)19-8-6-7-9-20(19)28-3/h6-13,16H,4-5,14-15H2,1-3H3,(H,23,27). The van der Waals surface area contributed by atoms with E-state index >= 15 is 0 Å². The van der Waals surface area contributed by atoms with Crippen LogP contribution in [0.25, 0.3) is 0 Å². The van der Waals surface area contributed by atoms with Crippen molar-refractivity contribution in [2.75, 3.05) is 41.9 Å². The quantitative estimate of drug-likeness (QED) is 0.797. The van der Waals surface area contributed by atoms with Crippen LogP contribution in [0.2, 0.25) is 0 Å². The van der Waals surface area contributed by atoms with Gasteiger partial charge < -0.3 is 19.9 Å². The number of ether oxygens (including phenoxy) is 1. The molecule has 1 aliphatic heterocycles. The van der Waals surface area contributed by atoms with Crippen molar-refractivity contribution >= 4 is 28.9 Å². The van der Waals surface area contributed by atoms with Crippen molar-refractivity contribution in [3.8, 4) is 5.75 Å². The van der Waals surface area contributed by atoms with Gasteiger partial charge in [0, 0.05) is 37.4 Å². The van der Waals surface area contributed by atoms with E-state index in [1.807, 2.05) is 48.5 Å². The lowest BCUT2D eigenvalue weighted by molar-refractivity contribution is -0.122. The number of benzene rings is 2. The van der Waals surface area contributed by atoms with Gasteiger partial charge in [0.1, 0.15) is 5.75 Å². The number of carbonyl (C=O) groups excluding carboxylic acids is 2. The van der Waals surface area contributed by atoms with E-state index in [1.165, 1.54) is 0 Å². The summed E-state index contributed by atoms with van der Waals surface area (Å²) in [6.45, 7) is 6.45. The second kappa shape index (κ2) is 8.78. The maximum absolute atomic E-state index is 12.7. The maximum atomic E-state index is 12.7.